The molecular formula is C12H16FN3O2. The van der Waals surface area contributed by atoms with Gasteiger partial charge in [0.05, 0.1) is 4.92 Å². The van der Waals surface area contributed by atoms with Crippen LogP contribution in [0.25, 0.3) is 0 Å². The maximum absolute atomic E-state index is 13.2. The smallest absolute Gasteiger partial charge is 0.274 e. The summed E-state index contributed by atoms with van der Waals surface area (Å²) in [7, 11) is 0. The van der Waals surface area contributed by atoms with Gasteiger partial charge < -0.3 is 5.73 Å². The first-order valence-electron chi connectivity index (χ1n) is 5.97. The van der Waals surface area contributed by atoms with Crippen LogP contribution in [0.5, 0.6) is 0 Å². The average molecular weight is 253 g/mol. The lowest BCUT2D eigenvalue weighted by Gasteiger charge is -2.30. The van der Waals surface area contributed by atoms with E-state index in [0.717, 1.165) is 25.5 Å². The maximum atomic E-state index is 13.2. The van der Waals surface area contributed by atoms with Crippen LogP contribution >= 0.6 is 0 Å². The van der Waals surface area contributed by atoms with Crippen LogP contribution < -0.4 is 5.73 Å². The molecule has 2 N–H and O–H groups in total. The van der Waals surface area contributed by atoms with Crippen LogP contribution in [0.4, 0.5) is 10.1 Å². The van der Waals surface area contributed by atoms with Crippen LogP contribution in [0.1, 0.15) is 18.4 Å². The first-order chi connectivity index (χ1) is 8.56. The summed E-state index contributed by atoms with van der Waals surface area (Å²) < 4.78 is 13.2. The van der Waals surface area contributed by atoms with E-state index >= 15 is 0 Å². The minimum atomic E-state index is -0.474. The third-order valence-electron chi connectivity index (χ3n) is 3.17. The van der Waals surface area contributed by atoms with E-state index in [1.807, 2.05) is 4.90 Å². The second-order valence-corrected chi connectivity index (χ2v) is 4.67. The van der Waals surface area contributed by atoms with Gasteiger partial charge in [-0.3, -0.25) is 15.0 Å². The molecular weight excluding hydrogens is 237 g/mol. The van der Waals surface area contributed by atoms with Crippen molar-refractivity contribution < 1.29 is 9.31 Å². The third-order valence-corrected chi connectivity index (χ3v) is 3.17. The first kappa shape index (κ1) is 12.9. The maximum Gasteiger partial charge on any atom is 0.274 e. The molecule has 1 fully saturated rings. The summed E-state index contributed by atoms with van der Waals surface area (Å²) in [5.74, 6) is -0.447. The van der Waals surface area contributed by atoms with Crippen molar-refractivity contribution in [1.29, 1.82) is 0 Å². The molecule has 0 radical (unpaired) electrons. The Morgan fingerprint density at radius 3 is 3.00 bits per heavy atom. The van der Waals surface area contributed by atoms with Crippen molar-refractivity contribution in [2.75, 3.05) is 13.1 Å². The topological polar surface area (TPSA) is 72.4 Å². The fourth-order valence-electron chi connectivity index (χ4n) is 2.33. The number of likely N-dealkylation sites (tertiary alicyclic amines) is 1. The normalized spacial score (nSPS) is 20.9. The van der Waals surface area contributed by atoms with E-state index in [1.54, 1.807) is 0 Å². The van der Waals surface area contributed by atoms with E-state index in [1.165, 1.54) is 12.1 Å². The highest BCUT2D eigenvalue weighted by Crippen LogP contribution is 2.22. The zero-order chi connectivity index (χ0) is 13.1. The van der Waals surface area contributed by atoms with Gasteiger partial charge in [0.15, 0.2) is 0 Å². The van der Waals surface area contributed by atoms with E-state index in [4.69, 9.17) is 5.73 Å². The van der Waals surface area contributed by atoms with Crippen LogP contribution in [0, 0.1) is 15.9 Å². The molecule has 0 unspecified atom stereocenters. The van der Waals surface area contributed by atoms with Gasteiger partial charge >= 0.3 is 0 Å². The summed E-state index contributed by atoms with van der Waals surface area (Å²) in [5.41, 5.74) is 6.24. The van der Waals surface area contributed by atoms with E-state index in [0.29, 0.717) is 18.7 Å². The third kappa shape index (κ3) is 3.02. The number of nitro benzene ring substituents is 1. The Morgan fingerprint density at radius 2 is 2.33 bits per heavy atom. The van der Waals surface area contributed by atoms with Crippen molar-refractivity contribution in [3.05, 3.63) is 39.7 Å². The second kappa shape index (κ2) is 5.41. The summed E-state index contributed by atoms with van der Waals surface area (Å²) in [6.45, 7) is 1.93. The van der Waals surface area contributed by atoms with E-state index < -0.39 is 10.7 Å². The number of benzene rings is 1. The number of nitro groups is 1. The summed E-state index contributed by atoms with van der Waals surface area (Å²) >= 11 is 0. The van der Waals surface area contributed by atoms with Crippen molar-refractivity contribution in [3.8, 4) is 0 Å². The van der Waals surface area contributed by atoms with Crippen molar-refractivity contribution in [2.24, 2.45) is 5.73 Å². The molecule has 2 rings (SSSR count). The lowest BCUT2D eigenvalue weighted by molar-refractivity contribution is -0.385. The molecule has 18 heavy (non-hydrogen) atoms. The first-order valence-corrected chi connectivity index (χ1v) is 5.97. The molecule has 1 aliphatic rings. The van der Waals surface area contributed by atoms with Crippen molar-refractivity contribution in [1.82, 2.24) is 4.90 Å². The summed E-state index contributed by atoms with van der Waals surface area (Å²) in [4.78, 5) is 12.4. The SMILES string of the molecule is N[C@@H]1CCCN(Cc2cc(F)ccc2[N+](=O)[O-])C1. The van der Waals surface area contributed by atoms with Gasteiger partial charge in [0.25, 0.3) is 5.69 Å². The molecule has 1 aliphatic heterocycles. The van der Waals surface area contributed by atoms with Gasteiger partial charge in [0, 0.05) is 30.8 Å². The van der Waals surface area contributed by atoms with Crippen LogP contribution in [0.2, 0.25) is 0 Å². The van der Waals surface area contributed by atoms with Gasteiger partial charge in [-0.2, -0.15) is 0 Å². The molecule has 0 aliphatic carbocycles. The molecule has 98 valence electrons. The minimum absolute atomic E-state index is 0.0319. The number of hydrogen-bond acceptors (Lipinski definition) is 4. The fourth-order valence-corrected chi connectivity index (χ4v) is 2.33. The fraction of sp³-hybridized carbons (Fsp3) is 0.500. The number of rotatable bonds is 3. The summed E-state index contributed by atoms with van der Waals surface area (Å²) in [6.07, 6.45) is 1.95. The van der Waals surface area contributed by atoms with Crippen LogP contribution in [0.15, 0.2) is 18.2 Å². The Morgan fingerprint density at radius 1 is 1.56 bits per heavy atom. The van der Waals surface area contributed by atoms with E-state index in [9.17, 15) is 14.5 Å². The Hall–Kier alpha value is -1.53. The molecule has 0 amide bonds. The average Bonchev–Trinajstić information content (AvgIpc) is 2.28. The van der Waals surface area contributed by atoms with E-state index in [-0.39, 0.29) is 11.7 Å². The number of piperidine rings is 1. The summed E-state index contributed by atoms with van der Waals surface area (Å²) in [6, 6.07) is 3.67. The molecule has 1 aromatic rings. The Kier molecular flexibility index (Phi) is 3.88. The van der Waals surface area contributed by atoms with Gasteiger partial charge in [-0.05, 0) is 31.5 Å². The Bertz CT molecular complexity index is 453. The zero-order valence-corrected chi connectivity index (χ0v) is 10.0. The largest absolute Gasteiger partial charge is 0.327 e. The molecule has 0 spiro atoms. The Balaban J connectivity index is 2.16. The van der Waals surface area contributed by atoms with Gasteiger partial charge in [-0.1, -0.05) is 0 Å². The van der Waals surface area contributed by atoms with Gasteiger partial charge in [-0.15, -0.1) is 0 Å². The highest BCUT2D eigenvalue weighted by Gasteiger charge is 2.21. The Labute approximate surface area is 105 Å². The molecule has 1 aromatic carbocycles. The predicted molar refractivity (Wildman–Crippen MR) is 65.5 cm³/mol. The number of hydrogen-bond donors (Lipinski definition) is 1. The molecule has 0 aromatic heterocycles. The van der Waals surface area contributed by atoms with Crippen molar-refractivity contribution >= 4 is 5.69 Å². The molecule has 0 bridgehead atoms. The molecule has 1 atom stereocenters. The molecule has 1 heterocycles. The lowest BCUT2D eigenvalue weighted by Crippen LogP contribution is -2.42. The van der Waals surface area contributed by atoms with E-state index in [2.05, 4.69) is 0 Å². The molecule has 0 saturated carbocycles. The second-order valence-electron chi connectivity index (χ2n) is 4.67. The summed E-state index contributed by atoms with van der Waals surface area (Å²) in [5, 5.41) is 10.9. The number of nitrogens with zero attached hydrogens (tertiary/aromatic N) is 2. The lowest BCUT2D eigenvalue weighted by atomic mass is 10.1. The molecule has 1 saturated heterocycles. The van der Waals surface area contributed by atoms with Crippen LogP contribution in [-0.4, -0.2) is 29.0 Å². The highest BCUT2D eigenvalue weighted by molar-refractivity contribution is 5.40. The van der Waals surface area contributed by atoms with Gasteiger partial charge in [0.1, 0.15) is 5.82 Å². The highest BCUT2D eigenvalue weighted by atomic mass is 19.1. The number of halogens is 1. The van der Waals surface area contributed by atoms with Crippen molar-refractivity contribution in [3.63, 3.8) is 0 Å². The van der Waals surface area contributed by atoms with Gasteiger partial charge in [-0.25, -0.2) is 4.39 Å². The monoisotopic (exact) mass is 253 g/mol. The standard InChI is InChI=1S/C12H16FN3O2/c13-10-3-4-12(16(17)18)9(6-10)7-15-5-1-2-11(14)8-15/h3-4,6,11H,1-2,5,7-8,14H2/t11-/m1/s1. The quantitative estimate of drug-likeness (QED) is 0.656. The zero-order valence-electron chi connectivity index (χ0n) is 10.0. The number of nitrogens with two attached hydrogens (primary N) is 1. The van der Waals surface area contributed by atoms with Crippen molar-refractivity contribution in [2.45, 2.75) is 25.4 Å². The molecule has 6 heteroatoms. The van der Waals surface area contributed by atoms with Crippen LogP contribution in [-0.2, 0) is 6.54 Å². The molecule has 5 nitrogen and oxygen atoms in total. The predicted octanol–water partition coefficient (Wildman–Crippen LogP) is 1.66. The van der Waals surface area contributed by atoms with Crippen LogP contribution in [0.3, 0.4) is 0 Å². The minimum Gasteiger partial charge on any atom is -0.327 e. The van der Waals surface area contributed by atoms with Gasteiger partial charge in [0.2, 0.25) is 0 Å².